The molecule has 3 aromatic rings. The molecule has 0 fully saturated rings. The Morgan fingerprint density at radius 1 is 1.19 bits per heavy atom. The van der Waals surface area contributed by atoms with Gasteiger partial charge in [-0.1, -0.05) is 12.1 Å². The summed E-state index contributed by atoms with van der Waals surface area (Å²) in [6.45, 7) is 6.38. The molecule has 6 nitrogen and oxygen atoms in total. The average Bonchev–Trinajstić information content (AvgIpc) is 3.05. The molecule has 0 radical (unpaired) electrons. The molecule has 0 unspecified atom stereocenters. The van der Waals surface area contributed by atoms with Crippen LogP contribution in [0.2, 0.25) is 0 Å². The van der Waals surface area contributed by atoms with E-state index in [0.29, 0.717) is 27.9 Å². The third kappa shape index (κ3) is 5.10. The van der Waals surface area contributed by atoms with Crippen LogP contribution in [0.1, 0.15) is 34.8 Å². The smallest absolute Gasteiger partial charge is 0.263 e. The van der Waals surface area contributed by atoms with E-state index in [4.69, 9.17) is 4.74 Å². The molecular formula is C20H22N4O2S. The van der Waals surface area contributed by atoms with Crippen LogP contribution in [0.3, 0.4) is 0 Å². The van der Waals surface area contributed by atoms with Gasteiger partial charge in [0.25, 0.3) is 5.91 Å². The number of nitrogens with one attached hydrogen (secondary N) is 1. The van der Waals surface area contributed by atoms with Crippen molar-refractivity contribution in [2.24, 2.45) is 0 Å². The zero-order valence-electron chi connectivity index (χ0n) is 15.6. The molecule has 0 saturated heterocycles. The molecule has 7 heteroatoms. The van der Waals surface area contributed by atoms with E-state index in [1.807, 2.05) is 45.0 Å². The number of aromatic nitrogens is 3. The Hall–Kier alpha value is -2.80. The van der Waals surface area contributed by atoms with Crippen molar-refractivity contribution in [2.45, 2.75) is 33.3 Å². The zero-order valence-corrected chi connectivity index (χ0v) is 16.4. The summed E-state index contributed by atoms with van der Waals surface area (Å²) in [6, 6.07) is 9.70. The Bertz CT molecular complexity index is 892. The van der Waals surface area contributed by atoms with Gasteiger partial charge in [-0.25, -0.2) is 15.0 Å². The molecule has 0 aliphatic rings. The Balaban J connectivity index is 1.56. The first-order valence-corrected chi connectivity index (χ1v) is 9.63. The summed E-state index contributed by atoms with van der Waals surface area (Å²) in [5.41, 5.74) is 1.83. The summed E-state index contributed by atoms with van der Waals surface area (Å²) >= 11 is 1.31. The standard InChI is InChI=1S/C20H22N4O2S/c1-13(2)26-16-7-5-15(6-8-16)9-12-23-19(25)17-14(3)24-20(27-17)18-21-10-4-11-22-18/h4-8,10-11,13H,9,12H2,1-3H3,(H,23,25). The quantitative estimate of drug-likeness (QED) is 0.675. The molecule has 2 heterocycles. The van der Waals surface area contributed by atoms with E-state index in [1.54, 1.807) is 18.5 Å². The lowest BCUT2D eigenvalue weighted by molar-refractivity contribution is 0.0957. The first-order valence-electron chi connectivity index (χ1n) is 8.81. The van der Waals surface area contributed by atoms with E-state index in [-0.39, 0.29) is 12.0 Å². The van der Waals surface area contributed by atoms with Gasteiger partial charge in [0.05, 0.1) is 11.8 Å². The minimum atomic E-state index is -0.119. The second kappa shape index (κ2) is 8.73. The highest BCUT2D eigenvalue weighted by Gasteiger charge is 2.17. The van der Waals surface area contributed by atoms with Crippen molar-refractivity contribution in [3.05, 3.63) is 58.9 Å². The van der Waals surface area contributed by atoms with E-state index >= 15 is 0 Å². The molecule has 27 heavy (non-hydrogen) atoms. The van der Waals surface area contributed by atoms with Gasteiger partial charge >= 0.3 is 0 Å². The lowest BCUT2D eigenvalue weighted by atomic mass is 10.1. The molecule has 0 aliphatic carbocycles. The molecule has 1 amide bonds. The first-order chi connectivity index (χ1) is 13.0. The maximum absolute atomic E-state index is 12.5. The molecule has 0 aliphatic heterocycles. The molecular weight excluding hydrogens is 360 g/mol. The van der Waals surface area contributed by atoms with Crippen molar-refractivity contribution in [2.75, 3.05) is 6.54 Å². The lowest BCUT2D eigenvalue weighted by Gasteiger charge is -2.10. The van der Waals surface area contributed by atoms with Gasteiger partial charge in [0.2, 0.25) is 0 Å². The van der Waals surface area contributed by atoms with Crippen molar-refractivity contribution in [1.82, 2.24) is 20.3 Å². The molecule has 3 rings (SSSR count). The second-order valence-corrected chi connectivity index (χ2v) is 7.32. The molecule has 0 spiro atoms. The molecule has 2 aromatic heterocycles. The zero-order chi connectivity index (χ0) is 19.2. The molecule has 0 atom stereocenters. The Kier molecular flexibility index (Phi) is 6.13. The monoisotopic (exact) mass is 382 g/mol. The second-order valence-electron chi connectivity index (χ2n) is 6.32. The van der Waals surface area contributed by atoms with Crippen LogP contribution < -0.4 is 10.1 Å². The number of nitrogens with zero attached hydrogens (tertiary/aromatic N) is 3. The van der Waals surface area contributed by atoms with Crippen LogP contribution in [0.4, 0.5) is 0 Å². The number of benzene rings is 1. The van der Waals surface area contributed by atoms with Crippen molar-refractivity contribution < 1.29 is 9.53 Å². The van der Waals surface area contributed by atoms with Gasteiger partial charge in [-0.2, -0.15) is 0 Å². The summed E-state index contributed by atoms with van der Waals surface area (Å²) in [5.74, 6) is 1.27. The van der Waals surface area contributed by atoms with Gasteiger partial charge in [0.15, 0.2) is 10.8 Å². The van der Waals surface area contributed by atoms with Crippen molar-refractivity contribution in [3.8, 4) is 16.6 Å². The summed E-state index contributed by atoms with van der Waals surface area (Å²) in [5, 5.41) is 3.61. The first kappa shape index (κ1) is 19.0. The Morgan fingerprint density at radius 2 is 1.89 bits per heavy atom. The predicted molar refractivity (Wildman–Crippen MR) is 106 cm³/mol. The minimum absolute atomic E-state index is 0.119. The van der Waals surface area contributed by atoms with E-state index in [0.717, 1.165) is 17.7 Å². The number of amides is 1. The number of aryl methyl sites for hydroxylation is 1. The van der Waals surface area contributed by atoms with Gasteiger partial charge in [0, 0.05) is 18.9 Å². The summed E-state index contributed by atoms with van der Waals surface area (Å²) in [6.07, 6.45) is 4.23. The molecule has 1 N–H and O–H groups in total. The Morgan fingerprint density at radius 3 is 2.56 bits per heavy atom. The summed E-state index contributed by atoms with van der Waals surface area (Å²) in [4.78, 5) is 25.9. The topological polar surface area (TPSA) is 77.0 Å². The SMILES string of the molecule is Cc1nc(-c2ncccn2)sc1C(=O)NCCc1ccc(OC(C)C)cc1. The van der Waals surface area contributed by atoms with Crippen molar-refractivity contribution in [3.63, 3.8) is 0 Å². The largest absolute Gasteiger partial charge is 0.491 e. The minimum Gasteiger partial charge on any atom is -0.491 e. The lowest BCUT2D eigenvalue weighted by Crippen LogP contribution is -2.25. The van der Waals surface area contributed by atoms with Gasteiger partial charge in [0.1, 0.15) is 10.6 Å². The fourth-order valence-electron chi connectivity index (χ4n) is 2.52. The predicted octanol–water partition coefficient (Wildman–Crippen LogP) is 3.67. The van der Waals surface area contributed by atoms with Crippen molar-refractivity contribution >= 4 is 17.2 Å². The number of rotatable bonds is 7. The third-order valence-electron chi connectivity index (χ3n) is 3.75. The summed E-state index contributed by atoms with van der Waals surface area (Å²) < 4.78 is 5.64. The molecule has 140 valence electrons. The van der Waals surface area contributed by atoms with E-state index in [2.05, 4.69) is 20.3 Å². The number of carbonyl (C=O) groups excluding carboxylic acids is 1. The normalized spacial score (nSPS) is 10.8. The van der Waals surface area contributed by atoms with Crippen LogP contribution in [0, 0.1) is 6.92 Å². The molecule has 0 bridgehead atoms. The van der Waals surface area contributed by atoms with Gasteiger partial charge in [-0.15, -0.1) is 11.3 Å². The maximum Gasteiger partial charge on any atom is 0.263 e. The van der Waals surface area contributed by atoms with Crippen LogP contribution in [-0.4, -0.2) is 33.5 Å². The highest BCUT2D eigenvalue weighted by Crippen LogP contribution is 2.25. The Labute approximate surface area is 162 Å². The van der Waals surface area contributed by atoms with E-state index in [1.165, 1.54) is 11.3 Å². The van der Waals surface area contributed by atoms with Crippen LogP contribution in [0.5, 0.6) is 5.75 Å². The number of carbonyl (C=O) groups is 1. The summed E-state index contributed by atoms with van der Waals surface area (Å²) in [7, 11) is 0. The molecule has 1 aromatic carbocycles. The van der Waals surface area contributed by atoms with E-state index in [9.17, 15) is 4.79 Å². The van der Waals surface area contributed by atoms with Crippen molar-refractivity contribution in [1.29, 1.82) is 0 Å². The fraction of sp³-hybridized carbons (Fsp3) is 0.300. The highest BCUT2D eigenvalue weighted by atomic mass is 32.1. The molecule has 0 saturated carbocycles. The number of hydrogen-bond donors (Lipinski definition) is 1. The average molecular weight is 382 g/mol. The number of thiazole rings is 1. The van der Waals surface area contributed by atoms with E-state index < -0.39 is 0 Å². The van der Waals surface area contributed by atoms with Crippen LogP contribution in [0.15, 0.2) is 42.7 Å². The van der Waals surface area contributed by atoms with Gasteiger partial charge in [-0.05, 0) is 51.0 Å². The highest BCUT2D eigenvalue weighted by molar-refractivity contribution is 7.17. The van der Waals surface area contributed by atoms with Crippen LogP contribution >= 0.6 is 11.3 Å². The van der Waals surface area contributed by atoms with Gasteiger partial charge in [-0.3, -0.25) is 4.79 Å². The van der Waals surface area contributed by atoms with Gasteiger partial charge < -0.3 is 10.1 Å². The third-order valence-corrected chi connectivity index (χ3v) is 4.91. The fourth-order valence-corrected chi connectivity index (χ4v) is 3.45. The maximum atomic E-state index is 12.5. The van der Waals surface area contributed by atoms with Crippen LogP contribution in [-0.2, 0) is 6.42 Å². The number of hydrogen-bond acceptors (Lipinski definition) is 6. The number of ether oxygens (including phenoxy) is 1. The van der Waals surface area contributed by atoms with Crippen LogP contribution in [0.25, 0.3) is 10.8 Å².